The van der Waals surface area contributed by atoms with Crippen LogP contribution < -0.4 is 9.64 Å². The van der Waals surface area contributed by atoms with Crippen LogP contribution in [-0.2, 0) is 10.8 Å². The molecule has 10 rings (SSSR count). The third-order valence-electron chi connectivity index (χ3n) is 11.0. The van der Waals surface area contributed by atoms with Gasteiger partial charge in [0.2, 0.25) is 0 Å². The Labute approximate surface area is 269 Å². The van der Waals surface area contributed by atoms with Gasteiger partial charge in [0.1, 0.15) is 0 Å². The predicted octanol–water partition coefficient (Wildman–Crippen LogP) is 12.2. The monoisotopic (exact) mass is 591 g/mol. The standard InChI is InChI=1S/C44H33NO/c1-43(2)33-20-18-26-12-8-10-16-29(26)41(33)31-22-39-37(24-35(31)43)45(28-14-6-5-7-15-28)38-25-36-32(23-40(38)46-39)42-30-17-11-9-13-27(30)19-21-34(42)44(36,3)4/h5-25H,1-4H3. The van der Waals surface area contributed by atoms with Crippen LogP contribution in [0.25, 0.3) is 43.8 Å². The van der Waals surface area contributed by atoms with Gasteiger partial charge in [-0.05, 0) is 102 Å². The molecule has 7 aromatic rings. The minimum Gasteiger partial charge on any atom is -0.453 e. The van der Waals surface area contributed by atoms with E-state index in [-0.39, 0.29) is 10.8 Å². The van der Waals surface area contributed by atoms with E-state index in [4.69, 9.17) is 4.74 Å². The molecule has 46 heavy (non-hydrogen) atoms. The maximum atomic E-state index is 7.03. The normalized spacial score (nSPS) is 15.9. The fourth-order valence-electron chi connectivity index (χ4n) is 8.66. The van der Waals surface area contributed by atoms with Gasteiger partial charge in [0.15, 0.2) is 11.5 Å². The van der Waals surface area contributed by atoms with Crippen LogP contribution in [0.5, 0.6) is 11.5 Å². The Hall–Kier alpha value is -5.34. The van der Waals surface area contributed by atoms with Crippen molar-refractivity contribution in [1.29, 1.82) is 0 Å². The molecular formula is C44H33NO. The Bertz CT molecular complexity index is 2300. The van der Waals surface area contributed by atoms with Crippen molar-refractivity contribution in [3.63, 3.8) is 0 Å². The van der Waals surface area contributed by atoms with Crippen LogP contribution in [-0.4, -0.2) is 0 Å². The molecule has 0 N–H and O–H groups in total. The van der Waals surface area contributed by atoms with E-state index in [0.29, 0.717) is 0 Å². The molecule has 0 bridgehead atoms. The lowest BCUT2D eigenvalue weighted by Crippen LogP contribution is -2.20. The molecule has 1 aliphatic heterocycles. The fraction of sp³-hybridized carbons (Fsp3) is 0.136. The molecule has 0 spiro atoms. The second-order valence-corrected chi connectivity index (χ2v) is 14.2. The van der Waals surface area contributed by atoms with Gasteiger partial charge in [-0.2, -0.15) is 0 Å². The van der Waals surface area contributed by atoms with Gasteiger partial charge in [-0.1, -0.05) is 119 Å². The Morgan fingerprint density at radius 2 is 0.913 bits per heavy atom. The summed E-state index contributed by atoms with van der Waals surface area (Å²) in [5, 5.41) is 5.13. The van der Waals surface area contributed by atoms with Crippen molar-refractivity contribution in [2.75, 3.05) is 4.90 Å². The van der Waals surface area contributed by atoms with E-state index in [2.05, 4.69) is 160 Å². The van der Waals surface area contributed by atoms with Gasteiger partial charge in [-0.25, -0.2) is 0 Å². The van der Waals surface area contributed by atoms with Crippen LogP contribution in [0.2, 0.25) is 0 Å². The third-order valence-corrected chi connectivity index (χ3v) is 11.0. The predicted molar refractivity (Wildman–Crippen MR) is 191 cm³/mol. The smallest absolute Gasteiger partial charge is 0.152 e. The first-order valence-corrected chi connectivity index (χ1v) is 16.3. The van der Waals surface area contributed by atoms with E-state index in [9.17, 15) is 0 Å². The van der Waals surface area contributed by atoms with Crippen LogP contribution in [0.4, 0.5) is 17.1 Å². The molecule has 0 unspecified atom stereocenters. The molecule has 0 radical (unpaired) electrons. The Balaban J connectivity index is 1.25. The Kier molecular flexibility index (Phi) is 4.89. The van der Waals surface area contributed by atoms with Crippen molar-refractivity contribution in [1.82, 2.24) is 0 Å². The van der Waals surface area contributed by atoms with Crippen molar-refractivity contribution >= 4 is 38.6 Å². The topological polar surface area (TPSA) is 12.5 Å². The molecule has 2 nitrogen and oxygen atoms in total. The van der Waals surface area contributed by atoms with Gasteiger partial charge in [0.05, 0.1) is 11.4 Å². The second-order valence-electron chi connectivity index (χ2n) is 14.2. The van der Waals surface area contributed by atoms with Crippen molar-refractivity contribution in [3.8, 4) is 33.8 Å². The summed E-state index contributed by atoms with van der Waals surface area (Å²) < 4.78 is 7.03. The highest BCUT2D eigenvalue weighted by Gasteiger charge is 2.42. The number of benzene rings is 7. The highest BCUT2D eigenvalue weighted by atomic mass is 16.5. The zero-order valence-corrected chi connectivity index (χ0v) is 26.5. The molecule has 0 aromatic heterocycles. The SMILES string of the molecule is CC1(C)c2cc3c(cc2-c2c1ccc1ccccc21)Oc1cc2c(cc1N3c1ccccc1)C(C)(C)c1ccc3ccccc3c1-2. The molecule has 0 fully saturated rings. The maximum absolute atomic E-state index is 7.03. The number of anilines is 3. The summed E-state index contributed by atoms with van der Waals surface area (Å²) in [6, 6.07) is 46.9. The number of hydrogen-bond donors (Lipinski definition) is 0. The molecule has 0 amide bonds. The van der Waals surface area contributed by atoms with Crippen LogP contribution in [0.3, 0.4) is 0 Å². The van der Waals surface area contributed by atoms with Crippen molar-refractivity contribution in [3.05, 3.63) is 150 Å². The number of rotatable bonds is 1. The molecular weight excluding hydrogens is 558 g/mol. The molecule has 3 aliphatic rings. The molecule has 0 saturated heterocycles. The molecule has 1 heterocycles. The van der Waals surface area contributed by atoms with Gasteiger partial charge in [0, 0.05) is 16.5 Å². The number of hydrogen-bond acceptors (Lipinski definition) is 2. The first-order chi connectivity index (χ1) is 22.3. The van der Waals surface area contributed by atoms with Gasteiger partial charge in [-0.15, -0.1) is 0 Å². The number of ether oxygens (including phenoxy) is 1. The van der Waals surface area contributed by atoms with Crippen LogP contribution in [0.15, 0.2) is 127 Å². The van der Waals surface area contributed by atoms with Gasteiger partial charge >= 0.3 is 0 Å². The lowest BCUT2D eigenvalue weighted by atomic mass is 9.81. The molecule has 0 atom stereocenters. The first kappa shape index (κ1) is 25.9. The molecule has 0 saturated carbocycles. The van der Waals surface area contributed by atoms with Gasteiger partial charge in [0.25, 0.3) is 0 Å². The van der Waals surface area contributed by atoms with E-state index in [1.807, 2.05) is 0 Å². The van der Waals surface area contributed by atoms with Crippen molar-refractivity contribution < 1.29 is 4.74 Å². The number of para-hydroxylation sites is 1. The van der Waals surface area contributed by atoms with E-state index >= 15 is 0 Å². The lowest BCUT2D eigenvalue weighted by Gasteiger charge is -2.35. The highest BCUT2D eigenvalue weighted by Crippen LogP contribution is 2.61. The zero-order chi connectivity index (χ0) is 30.9. The Morgan fingerprint density at radius 3 is 1.41 bits per heavy atom. The third kappa shape index (κ3) is 3.21. The van der Waals surface area contributed by atoms with E-state index in [0.717, 1.165) is 28.6 Å². The Morgan fingerprint density at radius 1 is 0.457 bits per heavy atom. The van der Waals surface area contributed by atoms with Crippen LogP contribution in [0, 0.1) is 0 Å². The number of fused-ring (bicyclic) bond motifs is 12. The summed E-state index contributed by atoms with van der Waals surface area (Å²) in [7, 11) is 0. The highest BCUT2D eigenvalue weighted by molar-refractivity contribution is 6.06. The van der Waals surface area contributed by atoms with E-state index in [1.54, 1.807) is 0 Å². The van der Waals surface area contributed by atoms with Crippen LogP contribution in [0.1, 0.15) is 49.9 Å². The second kappa shape index (κ2) is 8.68. The first-order valence-electron chi connectivity index (χ1n) is 16.3. The summed E-state index contributed by atoms with van der Waals surface area (Å²) in [6.45, 7) is 9.45. The maximum Gasteiger partial charge on any atom is 0.152 e. The summed E-state index contributed by atoms with van der Waals surface area (Å²) in [5.74, 6) is 1.78. The lowest BCUT2D eigenvalue weighted by molar-refractivity contribution is 0.476. The van der Waals surface area contributed by atoms with Crippen LogP contribution >= 0.6 is 0 Å². The average molecular weight is 592 g/mol. The van der Waals surface area contributed by atoms with Crippen molar-refractivity contribution in [2.45, 2.75) is 38.5 Å². The largest absolute Gasteiger partial charge is 0.453 e. The quantitative estimate of drug-likeness (QED) is 0.188. The average Bonchev–Trinajstić information content (AvgIpc) is 3.44. The molecule has 2 aliphatic carbocycles. The minimum absolute atomic E-state index is 0.144. The van der Waals surface area contributed by atoms with E-state index in [1.165, 1.54) is 66.1 Å². The molecule has 220 valence electrons. The molecule has 7 aromatic carbocycles. The zero-order valence-electron chi connectivity index (χ0n) is 26.5. The van der Waals surface area contributed by atoms with Gasteiger partial charge < -0.3 is 9.64 Å². The summed E-state index contributed by atoms with van der Waals surface area (Å²) in [6.07, 6.45) is 0. The van der Waals surface area contributed by atoms with Crippen molar-refractivity contribution in [2.24, 2.45) is 0 Å². The summed E-state index contributed by atoms with van der Waals surface area (Å²) in [5.41, 5.74) is 13.6. The molecule has 2 heteroatoms. The van der Waals surface area contributed by atoms with E-state index < -0.39 is 0 Å². The van der Waals surface area contributed by atoms with Gasteiger partial charge in [-0.3, -0.25) is 0 Å². The fourth-order valence-corrected chi connectivity index (χ4v) is 8.66. The number of nitrogens with zero attached hydrogens (tertiary/aromatic N) is 1. The summed E-state index contributed by atoms with van der Waals surface area (Å²) >= 11 is 0. The summed E-state index contributed by atoms with van der Waals surface area (Å²) in [4.78, 5) is 2.42. The minimum atomic E-state index is -0.144.